The van der Waals surface area contributed by atoms with Crippen LogP contribution in [0.5, 0.6) is 5.75 Å². The van der Waals surface area contributed by atoms with E-state index in [1.54, 1.807) is 0 Å². The maximum absolute atomic E-state index is 14.8. The van der Waals surface area contributed by atoms with Gasteiger partial charge in [-0.05, 0) is 93.0 Å². The third-order valence-electron chi connectivity index (χ3n) is 6.99. The summed E-state index contributed by atoms with van der Waals surface area (Å²) in [4.78, 5) is 0. The summed E-state index contributed by atoms with van der Waals surface area (Å²) in [5, 5.41) is 9.60. The molecule has 2 aliphatic carbocycles. The van der Waals surface area contributed by atoms with E-state index < -0.39 is 23.7 Å². The van der Waals surface area contributed by atoms with Crippen LogP contribution >= 0.6 is 0 Å². The zero-order valence-corrected chi connectivity index (χ0v) is 18.5. The normalized spacial score (nSPS) is 26.5. The lowest BCUT2D eigenvalue weighted by molar-refractivity contribution is -0.223. The summed E-state index contributed by atoms with van der Waals surface area (Å²) in [5.74, 6) is -1.49. The minimum Gasteiger partial charge on any atom is -0.432 e. The van der Waals surface area contributed by atoms with Crippen molar-refractivity contribution >= 4 is 0 Å². The number of rotatable bonds is 6. The van der Waals surface area contributed by atoms with E-state index in [0.29, 0.717) is 37.2 Å². The molecule has 1 N–H and O–H groups in total. The third-order valence-corrected chi connectivity index (χ3v) is 6.99. The molecule has 2 fully saturated rings. The highest BCUT2D eigenvalue weighted by Crippen LogP contribution is 2.41. The van der Waals surface area contributed by atoms with Gasteiger partial charge in [0, 0.05) is 11.6 Å². The molecular formula is C27H30F4O2. The number of alkyl halides is 2. The fourth-order valence-electron chi connectivity index (χ4n) is 4.92. The lowest BCUT2D eigenvalue weighted by atomic mass is 9.80. The summed E-state index contributed by atoms with van der Waals surface area (Å²) in [7, 11) is 0. The Bertz CT molecular complexity index is 941. The predicted octanol–water partition coefficient (Wildman–Crippen LogP) is 7.52. The molecule has 0 heterocycles. The molecule has 6 heteroatoms. The lowest BCUT2D eigenvalue weighted by Gasteiger charge is -2.32. The van der Waals surface area contributed by atoms with Crippen molar-refractivity contribution in [1.82, 2.24) is 0 Å². The second-order valence-electron chi connectivity index (χ2n) is 9.38. The monoisotopic (exact) mass is 462 g/mol. The van der Waals surface area contributed by atoms with E-state index in [2.05, 4.69) is 12.2 Å². The van der Waals surface area contributed by atoms with Crippen molar-refractivity contribution in [3.05, 3.63) is 66.3 Å². The van der Waals surface area contributed by atoms with Crippen LogP contribution < -0.4 is 4.74 Å². The minimum atomic E-state index is -3.38. The van der Waals surface area contributed by atoms with Gasteiger partial charge in [0.05, 0.1) is 12.0 Å². The Morgan fingerprint density at radius 2 is 1.36 bits per heavy atom. The smallest absolute Gasteiger partial charge is 0.400 e. The van der Waals surface area contributed by atoms with E-state index in [4.69, 9.17) is 4.74 Å². The molecule has 0 unspecified atom stereocenters. The van der Waals surface area contributed by atoms with Crippen LogP contribution in [0.3, 0.4) is 0 Å². The van der Waals surface area contributed by atoms with Crippen molar-refractivity contribution in [2.24, 2.45) is 17.8 Å². The van der Waals surface area contributed by atoms with Crippen LogP contribution in [-0.2, 0) is 0 Å². The SMILES string of the molecule is OC1CCC(/C=C/C2CCC(C(F)(F)Oc3ccc(-c4ccc(F)cc4)c(F)c3)CC2)CC1. The fraction of sp³-hybridized carbons (Fsp3) is 0.481. The molecule has 0 aliphatic heterocycles. The van der Waals surface area contributed by atoms with Crippen molar-refractivity contribution < 1.29 is 27.4 Å². The minimum absolute atomic E-state index is 0.181. The Morgan fingerprint density at radius 3 is 1.94 bits per heavy atom. The summed E-state index contributed by atoms with van der Waals surface area (Å²) >= 11 is 0. The Labute approximate surface area is 192 Å². The van der Waals surface area contributed by atoms with E-state index in [0.717, 1.165) is 31.7 Å². The van der Waals surface area contributed by atoms with E-state index >= 15 is 0 Å². The van der Waals surface area contributed by atoms with Crippen molar-refractivity contribution in [2.75, 3.05) is 0 Å². The van der Waals surface area contributed by atoms with Crippen LogP contribution in [-0.4, -0.2) is 17.3 Å². The van der Waals surface area contributed by atoms with Crippen LogP contribution in [0, 0.1) is 29.4 Å². The van der Waals surface area contributed by atoms with Crippen molar-refractivity contribution in [3.8, 4) is 16.9 Å². The average molecular weight is 463 g/mol. The van der Waals surface area contributed by atoms with Gasteiger partial charge in [-0.3, -0.25) is 0 Å². The van der Waals surface area contributed by atoms with Gasteiger partial charge in [0.15, 0.2) is 0 Å². The van der Waals surface area contributed by atoms with Gasteiger partial charge < -0.3 is 9.84 Å². The second kappa shape index (κ2) is 10.3. The molecule has 0 saturated heterocycles. The van der Waals surface area contributed by atoms with Crippen LogP contribution in [0.4, 0.5) is 17.6 Å². The van der Waals surface area contributed by atoms with Crippen molar-refractivity contribution in [3.63, 3.8) is 0 Å². The largest absolute Gasteiger partial charge is 0.432 e. The number of allylic oxidation sites excluding steroid dienone is 2. The number of benzene rings is 2. The standard InChI is InChI=1S/C27H30F4O2/c28-22-11-7-20(8-12-22)25-16-15-24(17-26(25)29)33-27(30,31)21-9-3-18(4-10-21)1-2-19-5-13-23(32)14-6-19/h1-2,7-8,11-12,15-19,21,23,32H,3-6,9-10,13-14H2/b2-1+. The first-order valence-corrected chi connectivity index (χ1v) is 11.8. The molecule has 0 atom stereocenters. The van der Waals surface area contributed by atoms with Gasteiger partial charge in [0.25, 0.3) is 0 Å². The molecule has 4 rings (SSSR count). The topological polar surface area (TPSA) is 29.5 Å². The maximum Gasteiger partial charge on any atom is 0.400 e. The van der Waals surface area contributed by atoms with Crippen LogP contribution in [0.1, 0.15) is 51.4 Å². The average Bonchev–Trinajstić information content (AvgIpc) is 2.80. The Kier molecular flexibility index (Phi) is 7.42. The molecule has 2 nitrogen and oxygen atoms in total. The molecule has 0 aromatic heterocycles. The molecule has 0 amide bonds. The first kappa shape index (κ1) is 23.8. The molecule has 0 radical (unpaired) electrons. The summed E-state index contributed by atoms with van der Waals surface area (Å²) in [6.45, 7) is 0. The van der Waals surface area contributed by atoms with Gasteiger partial charge in [0.1, 0.15) is 17.4 Å². The molecule has 2 aromatic carbocycles. The molecule has 2 aliphatic rings. The molecule has 33 heavy (non-hydrogen) atoms. The van der Waals surface area contributed by atoms with Gasteiger partial charge in [0.2, 0.25) is 0 Å². The van der Waals surface area contributed by atoms with Crippen LogP contribution in [0.2, 0.25) is 0 Å². The number of ether oxygens (including phenoxy) is 1. The molecular weight excluding hydrogens is 432 g/mol. The highest BCUT2D eigenvalue weighted by atomic mass is 19.3. The summed E-state index contributed by atoms with van der Waals surface area (Å²) in [6, 6.07) is 8.98. The molecule has 2 aromatic rings. The summed E-state index contributed by atoms with van der Waals surface area (Å²) < 4.78 is 62.2. The quantitative estimate of drug-likeness (QED) is 0.355. The number of aliphatic hydroxyl groups excluding tert-OH is 1. The first-order chi connectivity index (χ1) is 15.8. The number of hydrogen-bond acceptors (Lipinski definition) is 2. The third kappa shape index (κ3) is 6.17. The molecule has 0 bridgehead atoms. The lowest BCUT2D eigenvalue weighted by Crippen LogP contribution is -2.37. The molecule has 178 valence electrons. The van der Waals surface area contributed by atoms with Gasteiger partial charge >= 0.3 is 6.11 Å². The second-order valence-corrected chi connectivity index (χ2v) is 9.38. The highest BCUT2D eigenvalue weighted by Gasteiger charge is 2.43. The molecule has 0 spiro atoms. The summed E-state index contributed by atoms with van der Waals surface area (Å²) in [6.07, 6.45) is 6.48. The zero-order valence-electron chi connectivity index (χ0n) is 18.5. The van der Waals surface area contributed by atoms with Gasteiger partial charge in [-0.1, -0.05) is 24.3 Å². The van der Waals surface area contributed by atoms with Gasteiger partial charge in [-0.15, -0.1) is 0 Å². The highest BCUT2D eigenvalue weighted by molar-refractivity contribution is 5.64. The molecule has 2 saturated carbocycles. The number of halogens is 4. The van der Waals surface area contributed by atoms with Crippen LogP contribution in [0.25, 0.3) is 11.1 Å². The zero-order chi connectivity index (χ0) is 23.4. The number of aliphatic hydroxyl groups is 1. The Hall–Kier alpha value is -2.34. The van der Waals surface area contributed by atoms with E-state index in [1.165, 1.54) is 36.4 Å². The van der Waals surface area contributed by atoms with Gasteiger partial charge in [-0.25, -0.2) is 8.78 Å². The van der Waals surface area contributed by atoms with Gasteiger partial charge in [-0.2, -0.15) is 8.78 Å². The predicted molar refractivity (Wildman–Crippen MR) is 120 cm³/mol. The Balaban J connectivity index is 1.32. The van der Waals surface area contributed by atoms with Crippen LogP contribution in [0.15, 0.2) is 54.6 Å². The van der Waals surface area contributed by atoms with E-state index in [1.807, 2.05) is 0 Å². The Morgan fingerprint density at radius 1 is 0.788 bits per heavy atom. The number of hydrogen-bond donors (Lipinski definition) is 1. The van der Waals surface area contributed by atoms with Crippen molar-refractivity contribution in [2.45, 2.75) is 63.6 Å². The van der Waals surface area contributed by atoms with Crippen molar-refractivity contribution in [1.29, 1.82) is 0 Å². The summed E-state index contributed by atoms with van der Waals surface area (Å²) in [5.41, 5.74) is 0.661. The fourth-order valence-corrected chi connectivity index (χ4v) is 4.92. The maximum atomic E-state index is 14.8. The van der Waals surface area contributed by atoms with E-state index in [9.17, 15) is 22.7 Å². The van der Waals surface area contributed by atoms with E-state index in [-0.39, 0.29) is 23.3 Å². The first-order valence-electron chi connectivity index (χ1n) is 11.8.